The van der Waals surface area contributed by atoms with Crippen LogP contribution in [0, 0.1) is 0 Å². The van der Waals surface area contributed by atoms with Gasteiger partial charge in [0.25, 0.3) is 0 Å². The van der Waals surface area contributed by atoms with Crippen LogP contribution in [0.5, 0.6) is 0 Å². The van der Waals surface area contributed by atoms with Crippen molar-refractivity contribution in [1.29, 1.82) is 0 Å². The number of amides is 1. The van der Waals surface area contributed by atoms with Gasteiger partial charge in [0, 0.05) is 6.42 Å². The topological polar surface area (TPSA) is 69.6 Å². The molecule has 0 bridgehead atoms. The Kier molecular flexibility index (Phi) is 36.1. The summed E-state index contributed by atoms with van der Waals surface area (Å²) in [7, 11) is 0. The number of aliphatic hydroxyl groups excluding tert-OH is 2. The van der Waals surface area contributed by atoms with Gasteiger partial charge in [-0.15, -0.1) is 0 Å². The Morgan fingerprint density at radius 1 is 0.532 bits per heavy atom. The summed E-state index contributed by atoms with van der Waals surface area (Å²) in [4.78, 5) is 12.2. The van der Waals surface area contributed by atoms with Crippen molar-refractivity contribution in [1.82, 2.24) is 5.32 Å². The molecule has 4 nitrogen and oxygen atoms in total. The average Bonchev–Trinajstić information content (AvgIpc) is 3.07. The number of nitrogens with one attached hydrogen (secondary N) is 1. The first-order valence-corrected chi connectivity index (χ1v) is 19.3. The van der Waals surface area contributed by atoms with Crippen LogP contribution in [0.15, 0.2) is 85.1 Å². The molecule has 268 valence electrons. The average molecular weight is 652 g/mol. The summed E-state index contributed by atoms with van der Waals surface area (Å²) in [5.41, 5.74) is 0. The fourth-order valence-electron chi connectivity index (χ4n) is 5.18. The number of allylic oxidation sites excluding steroid dienone is 13. The smallest absolute Gasteiger partial charge is 0.220 e. The van der Waals surface area contributed by atoms with Crippen LogP contribution in [0.25, 0.3) is 0 Å². The molecule has 3 N–H and O–H groups in total. The van der Waals surface area contributed by atoms with Crippen LogP contribution < -0.4 is 5.32 Å². The monoisotopic (exact) mass is 652 g/mol. The molecule has 0 fully saturated rings. The highest BCUT2D eigenvalue weighted by atomic mass is 16.3. The highest BCUT2D eigenvalue weighted by molar-refractivity contribution is 5.76. The minimum absolute atomic E-state index is 0.0801. The van der Waals surface area contributed by atoms with Crippen molar-refractivity contribution in [2.75, 3.05) is 6.61 Å². The van der Waals surface area contributed by atoms with Crippen molar-refractivity contribution >= 4 is 5.91 Å². The standard InChI is InChI=1S/C43H73NO3/c1-3-5-7-9-11-12-13-14-15-16-17-18-19-20-21-22-23-24-25-26-27-28-29-30-31-32-33-35-37-39-43(47)44-41(40-45)42(46)38-36-34-10-8-6-4-2/h5,7,11-12,14-15,17-18,20-21,23-24,36,38,41-42,45-46H,3-4,6,8-10,13,16,19,22,25-35,37,39-40H2,1-2H3,(H,44,47)/b7-5-,12-11-,15-14-,18-17-,21-20-,24-23-,38-36+. The fraction of sp³-hybridized carbons (Fsp3) is 0.651. The molecule has 47 heavy (non-hydrogen) atoms. The van der Waals surface area contributed by atoms with Gasteiger partial charge in [-0.3, -0.25) is 4.79 Å². The van der Waals surface area contributed by atoms with E-state index in [0.29, 0.717) is 6.42 Å². The SMILES string of the molecule is CC/C=C\C/C=C\C/C=C\C/C=C\C/C=C\C/C=C\CCCCCCCCCCCCC(=O)NC(CO)C(O)/C=C/CCCCCC. The number of rotatable bonds is 33. The Bertz CT molecular complexity index is 879. The molecule has 0 aromatic rings. The van der Waals surface area contributed by atoms with Crippen molar-refractivity contribution in [2.45, 2.75) is 174 Å². The number of hydrogen-bond donors (Lipinski definition) is 3. The summed E-state index contributed by atoms with van der Waals surface area (Å²) in [5.74, 6) is -0.0801. The molecule has 0 radical (unpaired) electrons. The van der Waals surface area contributed by atoms with Crippen LogP contribution in [0.1, 0.15) is 162 Å². The summed E-state index contributed by atoms with van der Waals surface area (Å²) < 4.78 is 0. The summed E-state index contributed by atoms with van der Waals surface area (Å²) in [6.07, 6.45) is 55.5. The van der Waals surface area contributed by atoms with Crippen LogP contribution in [0.4, 0.5) is 0 Å². The summed E-state index contributed by atoms with van der Waals surface area (Å²) in [5, 5.41) is 22.6. The Labute approximate surface area is 291 Å². The molecule has 0 aliphatic rings. The van der Waals surface area contributed by atoms with E-state index in [1.807, 2.05) is 6.08 Å². The van der Waals surface area contributed by atoms with E-state index in [0.717, 1.165) is 64.2 Å². The van der Waals surface area contributed by atoms with Crippen molar-refractivity contribution in [2.24, 2.45) is 0 Å². The van der Waals surface area contributed by atoms with E-state index in [1.54, 1.807) is 6.08 Å². The van der Waals surface area contributed by atoms with Crippen LogP contribution in [0.2, 0.25) is 0 Å². The van der Waals surface area contributed by atoms with E-state index in [2.05, 4.69) is 92.1 Å². The molecule has 0 saturated heterocycles. The van der Waals surface area contributed by atoms with E-state index >= 15 is 0 Å². The first-order valence-electron chi connectivity index (χ1n) is 19.3. The molecule has 2 atom stereocenters. The van der Waals surface area contributed by atoms with E-state index in [1.165, 1.54) is 77.0 Å². The van der Waals surface area contributed by atoms with Gasteiger partial charge in [-0.1, -0.05) is 170 Å². The van der Waals surface area contributed by atoms with Gasteiger partial charge in [0.2, 0.25) is 5.91 Å². The van der Waals surface area contributed by atoms with Crippen molar-refractivity contribution < 1.29 is 15.0 Å². The van der Waals surface area contributed by atoms with Crippen molar-refractivity contribution in [3.05, 3.63) is 85.1 Å². The molecule has 0 aromatic heterocycles. The van der Waals surface area contributed by atoms with Crippen LogP contribution in [-0.2, 0) is 4.79 Å². The van der Waals surface area contributed by atoms with Crippen LogP contribution >= 0.6 is 0 Å². The Morgan fingerprint density at radius 3 is 1.40 bits per heavy atom. The molecular weight excluding hydrogens is 578 g/mol. The zero-order valence-electron chi connectivity index (χ0n) is 30.5. The number of aliphatic hydroxyl groups is 2. The van der Waals surface area contributed by atoms with Gasteiger partial charge in [-0.05, 0) is 70.6 Å². The summed E-state index contributed by atoms with van der Waals surface area (Å²) >= 11 is 0. The van der Waals surface area contributed by atoms with Crippen LogP contribution in [-0.4, -0.2) is 34.9 Å². The lowest BCUT2D eigenvalue weighted by Crippen LogP contribution is -2.45. The maximum atomic E-state index is 12.2. The van der Waals surface area contributed by atoms with E-state index in [4.69, 9.17) is 0 Å². The molecular formula is C43H73NO3. The second kappa shape index (κ2) is 38.0. The lowest BCUT2D eigenvalue weighted by molar-refractivity contribution is -0.123. The number of hydrogen-bond acceptors (Lipinski definition) is 3. The Hall–Kier alpha value is -2.43. The van der Waals surface area contributed by atoms with E-state index in [-0.39, 0.29) is 12.5 Å². The molecule has 2 unspecified atom stereocenters. The van der Waals surface area contributed by atoms with Gasteiger partial charge in [0.05, 0.1) is 18.8 Å². The maximum absolute atomic E-state index is 12.2. The minimum atomic E-state index is -0.841. The number of unbranched alkanes of at least 4 members (excludes halogenated alkanes) is 14. The molecule has 0 spiro atoms. The second-order valence-corrected chi connectivity index (χ2v) is 12.6. The predicted octanol–water partition coefficient (Wildman–Crippen LogP) is 11.7. The predicted molar refractivity (Wildman–Crippen MR) is 207 cm³/mol. The molecule has 0 aromatic carbocycles. The van der Waals surface area contributed by atoms with Gasteiger partial charge < -0.3 is 15.5 Å². The Balaban J connectivity index is 3.57. The molecule has 0 aliphatic carbocycles. The molecule has 0 aliphatic heterocycles. The molecule has 4 heteroatoms. The molecule has 1 amide bonds. The molecule has 0 heterocycles. The minimum Gasteiger partial charge on any atom is -0.394 e. The van der Waals surface area contributed by atoms with Gasteiger partial charge in [0.1, 0.15) is 0 Å². The van der Waals surface area contributed by atoms with Gasteiger partial charge >= 0.3 is 0 Å². The van der Waals surface area contributed by atoms with Crippen LogP contribution in [0.3, 0.4) is 0 Å². The third-order valence-corrected chi connectivity index (χ3v) is 8.13. The third-order valence-electron chi connectivity index (χ3n) is 8.13. The largest absolute Gasteiger partial charge is 0.394 e. The quantitative estimate of drug-likeness (QED) is 0.0488. The van der Waals surface area contributed by atoms with Gasteiger partial charge in [0.15, 0.2) is 0 Å². The normalized spacial score (nSPS) is 14.0. The lowest BCUT2D eigenvalue weighted by Gasteiger charge is -2.20. The van der Waals surface area contributed by atoms with Crippen molar-refractivity contribution in [3.63, 3.8) is 0 Å². The van der Waals surface area contributed by atoms with E-state index < -0.39 is 12.1 Å². The third kappa shape index (κ3) is 34.7. The maximum Gasteiger partial charge on any atom is 0.220 e. The number of carbonyl (C=O) groups is 1. The summed E-state index contributed by atoms with van der Waals surface area (Å²) in [6.45, 7) is 4.10. The van der Waals surface area contributed by atoms with E-state index in [9.17, 15) is 15.0 Å². The first-order chi connectivity index (χ1) is 23.2. The lowest BCUT2D eigenvalue weighted by atomic mass is 10.0. The highest BCUT2D eigenvalue weighted by Gasteiger charge is 2.17. The highest BCUT2D eigenvalue weighted by Crippen LogP contribution is 2.13. The Morgan fingerprint density at radius 2 is 0.936 bits per heavy atom. The number of carbonyl (C=O) groups excluding carboxylic acids is 1. The van der Waals surface area contributed by atoms with Gasteiger partial charge in [-0.25, -0.2) is 0 Å². The zero-order valence-corrected chi connectivity index (χ0v) is 30.5. The molecule has 0 saturated carbocycles. The van der Waals surface area contributed by atoms with Gasteiger partial charge in [-0.2, -0.15) is 0 Å². The second-order valence-electron chi connectivity index (χ2n) is 12.6. The molecule has 0 rings (SSSR count). The fourth-order valence-corrected chi connectivity index (χ4v) is 5.18. The zero-order chi connectivity index (χ0) is 34.3. The summed E-state index contributed by atoms with van der Waals surface area (Å²) in [6, 6.07) is -0.625. The van der Waals surface area contributed by atoms with Crippen molar-refractivity contribution in [3.8, 4) is 0 Å². The first kappa shape index (κ1) is 44.6.